The summed E-state index contributed by atoms with van der Waals surface area (Å²) >= 11 is 1.73. The van der Waals surface area contributed by atoms with E-state index in [2.05, 4.69) is 70.7 Å². The van der Waals surface area contributed by atoms with Crippen molar-refractivity contribution < 1.29 is 0 Å². The molecule has 0 atom stereocenters. The lowest BCUT2D eigenvalue weighted by Gasteiger charge is -2.15. The van der Waals surface area contributed by atoms with Crippen LogP contribution in [0.15, 0.2) is 29.3 Å². The van der Waals surface area contributed by atoms with Crippen LogP contribution < -0.4 is 10.6 Å². The number of benzene rings is 1. The number of aromatic nitrogens is 1. The number of rotatable bonds is 7. The molecule has 0 fully saturated rings. The van der Waals surface area contributed by atoms with E-state index in [1.165, 1.54) is 16.0 Å². The summed E-state index contributed by atoms with van der Waals surface area (Å²) in [5.74, 6) is 0.807. The van der Waals surface area contributed by atoms with Gasteiger partial charge in [0.1, 0.15) is 0 Å². The van der Waals surface area contributed by atoms with Crippen molar-refractivity contribution in [3.8, 4) is 0 Å². The molecule has 0 saturated heterocycles. The quantitative estimate of drug-likeness (QED) is 0.356. The molecule has 0 spiro atoms. The molecule has 0 saturated carbocycles. The number of thiazole rings is 1. The second-order valence-electron chi connectivity index (χ2n) is 6.17. The van der Waals surface area contributed by atoms with Gasteiger partial charge in [-0.3, -0.25) is 4.99 Å². The van der Waals surface area contributed by atoms with E-state index in [1.807, 2.05) is 6.92 Å². The van der Waals surface area contributed by atoms with Crippen LogP contribution in [0.1, 0.15) is 33.6 Å². The van der Waals surface area contributed by atoms with E-state index in [9.17, 15) is 0 Å². The van der Waals surface area contributed by atoms with E-state index in [0.717, 1.165) is 42.8 Å². The van der Waals surface area contributed by atoms with Gasteiger partial charge in [0.15, 0.2) is 5.96 Å². The molecule has 0 aliphatic heterocycles. The largest absolute Gasteiger partial charge is 0.352 e. The molecule has 2 rings (SSSR count). The zero-order chi connectivity index (χ0) is 18.2. The Morgan fingerprint density at radius 2 is 1.88 bits per heavy atom. The maximum atomic E-state index is 4.46. The molecule has 1 aromatic heterocycles. The lowest BCUT2D eigenvalue weighted by molar-refractivity contribution is 0.345. The zero-order valence-corrected chi connectivity index (χ0v) is 19.4. The molecule has 0 aliphatic rings. The highest BCUT2D eigenvalue weighted by Crippen LogP contribution is 2.16. The number of aliphatic imine (C=N–C) groups is 1. The van der Waals surface area contributed by atoms with E-state index < -0.39 is 0 Å². The van der Waals surface area contributed by atoms with Crippen LogP contribution in [0.5, 0.6) is 0 Å². The van der Waals surface area contributed by atoms with Gasteiger partial charge in [-0.25, -0.2) is 4.98 Å². The summed E-state index contributed by atoms with van der Waals surface area (Å²) in [5, 5.41) is 7.86. The molecule has 2 aromatic rings. The van der Waals surface area contributed by atoms with Gasteiger partial charge in [-0.15, -0.1) is 35.3 Å². The van der Waals surface area contributed by atoms with E-state index in [-0.39, 0.29) is 24.0 Å². The van der Waals surface area contributed by atoms with E-state index in [4.69, 9.17) is 0 Å². The number of hydrogen-bond acceptors (Lipinski definition) is 4. The summed E-state index contributed by atoms with van der Waals surface area (Å²) in [6, 6.07) is 8.70. The van der Waals surface area contributed by atoms with Crippen molar-refractivity contribution in [2.24, 2.45) is 4.99 Å². The van der Waals surface area contributed by atoms with E-state index >= 15 is 0 Å². The first-order chi connectivity index (χ1) is 12.0. The fourth-order valence-corrected chi connectivity index (χ4v) is 3.45. The van der Waals surface area contributed by atoms with Crippen molar-refractivity contribution in [3.63, 3.8) is 0 Å². The van der Waals surface area contributed by atoms with Gasteiger partial charge in [-0.1, -0.05) is 31.2 Å². The minimum absolute atomic E-state index is 0. The Bertz CT molecular complexity index is 714. The van der Waals surface area contributed by atoms with Gasteiger partial charge in [-0.2, -0.15) is 0 Å². The Labute approximate surface area is 178 Å². The lowest BCUT2D eigenvalue weighted by atomic mass is 10.1. The third-order valence-corrected chi connectivity index (χ3v) is 5.16. The second kappa shape index (κ2) is 11.5. The first-order valence-corrected chi connectivity index (χ1v) is 9.47. The highest BCUT2D eigenvalue weighted by atomic mass is 127. The highest BCUT2D eigenvalue weighted by molar-refractivity contribution is 14.0. The molecule has 1 heterocycles. The van der Waals surface area contributed by atoms with Crippen LogP contribution in [0, 0.1) is 13.8 Å². The normalized spacial score (nSPS) is 11.4. The summed E-state index contributed by atoms with van der Waals surface area (Å²) in [5.41, 5.74) is 3.69. The summed E-state index contributed by atoms with van der Waals surface area (Å²) in [6.07, 6.45) is 0. The van der Waals surface area contributed by atoms with Crippen molar-refractivity contribution in [3.05, 3.63) is 51.0 Å². The average Bonchev–Trinajstić information content (AvgIpc) is 2.92. The second-order valence-corrected chi connectivity index (χ2v) is 7.46. The Kier molecular flexibility index (Phi) is 10.1. The molecular weight excluding hydrogens is 457 g/mol. The van der Waals surface area contributed by atoms with Gasteiger partial charge >= 0.3 is 0 Å². The predicted octanol–water partition coefficient (Wildman–Crippen LogP) is 3.69. The number of aryl methyl sites for hydroxylation is 2. The summed E-state index contributed by atoms with van der Waals surface area (Å²) in [6.45, 7) is 9.79. The predicted molar refractivity (Wildman–Crippen MR) is 122 cm³/mol. The Hall–Kier alpha value is -1.19. The minimum atomic E-state index is 0. The van der Waals surface area contributed by atoms with Crippen LogP contribution in [0.4, 0.5) is 0 Å². The zero-order valence-electron chi connectivity index (χ0n) is 16.3. The first kappa shape index (κ1) is 22.9. The molecule has 0 unspecified atom stereocenters. The molecule has 144 valence electrons. The average molecular weight is 487 g/mol. The van der Waals surface area contributed by atoms with Crippen molar-refractivity contribution >= 4 is 41.3 Å². The van der Waals surface area contributed by atoms with Crippen LogP contribution in [-0.2, 0) is 19.6 Å². The topological polar surface area (TPSA) is 52.5 Å². The standard InChI is InChI=1S/C19H29N5S.HI/c1-6-24(5)13-17-9-7-8-16(10-17)11-21-19(20-4)22-12-18-14(2)23-15(3)25-18;/h7-10H,6,11-13H2,1-5H3,(H2,20,21,22);1H. The molecule has 0 radical (unpaired) electrons. The maximum absolute atomic E-state index is 4.46. The van der Waals surface area contributed by atoms with Gasteiger partial charge in [0, 0.05) is 25.0 Å². The highest BCUT2D eigenvalue weighted by Gasteiger charge is 2.06. The van der Waals surface area contributed by atoms with E-state index in [0.29, 0.717) is 0 Å². The Morgan fingerprint density at radius 3 is 2.50 bits per heavy atom. The maximum Gasteiger partial charge on any atom is 0.191 e. The third-order valence-electron chi connectivity index (χ3n) is 4.08. The van der Waals surface area contributed by atoms with Crippen LogP contribution in [0.2, 0.25) is 0 Å². The number of nitrogens with zero attached hydrogens (tertiary/aromatic N) is 3. The minimum Gasteiger partial charge on any atom is -0.352 e. The molecule has 5 nitrogen and oxygen atoms in total. The Balaban J connectivity index is 0.00000338. The molecule has 1 aromatic carbocycles. The molecule has 26 heavy (non-hydrogen) atoms. The van der Waals surface area contributed by atoms with Crippen molar-refractivity contribution in [2.75, 3.05) is 20.6 Å². The molecule has 0 aliphatic carbocycles. The summed E-state index contributed by atoms with van der Waals surface area (Å²) in [7, 11) is 3.94. The molecule has 7 heteroatoms. The van der Waals surface area contributed by atoms with Crippen LogP contribution in [-0.4, -0.2) is 36.5 Å². The van der Waals surface area contributed by atoms with Crippen LogP contribution in [0.25, 0.3) is 0 Å². The number of guanidine groups is 1. The van der Waals surface area contributed by atoms with Crippen molar-refractivity contribution in [2.45, 2.75) is 40.4 Å². The van der Waals surface area contributed by atoms with Crippen LogP contribution in [0.3, 0.4) is 0 Å². The van der Waals surface area contributed by atoms with Gasteiger partial charge in [0.2, 0.25) is 0 Å². The SMILES string of the molecule is CCN(C)Cc1cccc(CNC(=NC)NCc2sc(C)nc2C)c1.I. The van der Waals surface area contributed by atoms with Gasteiger partial charge < -0.3 is 15.5 Å². The smallest absolute Gasteiger partial charge is 0.191 e. The molecular formula is C19H30IN5S. The Morgan fingerprint density at radius 1 is 1.19 bits per heavy atom. The van der Waals surface area contributed by atoms with Crippen molar-refractivity contribution in [1.29, 1.82) is 0 Å². The van der Waals surface area contributed by atoms with Gasteiger partial charge in [0.25, 0.3) is 0 Å². The monoisotopic (exact) mass is 487 g/mol. The lowest BCUT2D eigenvalue weighted by Crippen LogP contribution is -2.36. The third kappa shape index (κ3) is 7.20. The number of hydrogen-bond donors (Lipinski definition) is 2. The fraction of sp³-hybridized carbons (Fsp3) is 0.474. The summed E-state index contributed by atoms with van der Waals surface area (Å²) in [4.78, 5) is 12.3. The molecule has 0 bridgehead atoms. The molecule has 0 amide bonds. The number of nitrogens with one attached hydrogen (secondary N) is 2. The number of halogens is 1. The first-order valence-electron chi connectivity index (χ1n) is 8.65. The van der Waals surface area contributed by atoms with E-state index in [1.54, 1.807) is 18.4 Å². The molecule has 2 N–H and O–H groups in total. The fourth-order valence-electron chi connectivity index (χ4n) is 2.57. The van der Waals surface area contributed by atoms with Gasteiger partial charge in [0.05, 0.1) is 17.2 Å². The van der Waals surface area contributed by atoms with Crippen molar-refractivity contribution in [1.82, 2.24) is 20.5 Å². The summed E-state index contributed by atoms with van der Waals surface area (Å²) < 4.78 is 0. The van der Waals surface area contributed by atoms with Crippen LogP contribution >= 0.6 is 35.3 Å². The van der Waals surface area contributed by atoms with Gasteiger partial charge in [-0.05, 0) is 38.6 Å².